The van der Waals surface area contributed by atoms with E-state index >= 15 is 0 Å². The Hall–Kier alpha value is -1.60. The van der Waals surface area contributed by atoms with Gasteiger partial charge in [0.05, 0.1) is 12.8 Å². The van der Waals surface area contributed by atoms with Gasteiger partial charge in [0.15, 0.2) is 0 Å². The van der Waals surface area contributed by atoms with Crippen molar-refractivity contribution in [3.63, 3.8) is 0 Å². The van der Waals surface area contributed by atoms with Crippen LogP contribution in [0.4, 0.5) is 0 Å². The number of carbonyl (C=O) groups is 1. The molecule has 0 bridgehead atoms. The van der Waals surface area contributed by atoms with Crippen LogP contribution in [0.1, 0.15) is 18.4 Å². The molecule has 7 heteroatoms. The van der Waals surface area contributed by atoms with Crippen LogP contribution < -0.4 is 10.1 Å². The molecular weight excluding hydrogens is 304 g/mol. The second-order valence-corrected chi connectivity index (χ2v) is 7.76. The van der Waals surface area contributed by atoms with Crippen molar-refractivity contribution in [3.05, 3.63) is 29.8 Å². The zero-order valence-electron chi connectivity index (χ0n) is 12.5. The molecule has 2 aliphatic rings. The number of ether oxygens (including phenoxy) is 1. The Labute approximate surface area is 130 Å². The van der Waals surface area contributed by atoms with Crippen LogP contribution in [0.25, 0.3) is 0 Å². The average Bonchev–Trinajstić information content (AvgIpc) is 3.10. The molecule has 0 aromatic heterocycles. The number of rotatable bonds is 4. The third kappa shape index (κ3) is 3.10. The molecule has 2 atom stereocenters. The van der Waals surface area contributed by atoms with Crippen LogP contribution in [-0.2, 0) is 21.2 Å². The highest BCUT2D eigenvalue weighted by Crippen LogP contribution is 2.28. The summed E-state index contributed by atoms with van der Waals surface area (Å²) in [5.41, 5.74) is 1.14. The molecule has 1 aromatic rings. The van der Waals surface area contributed by atoms with Crippen LogP contribution in [0.5, 0.6) is 5.75 Å². The summed E-state index contributed by atoms with van der Waals surface area (Å²) >= 11 is 0. The summed E-state index contributed by atoms with van der Waals surface area (Å²) in [5.74, 6) is 0.628. The summed E-state index contributed by atoms with van der Waals surface area (Å²) in [6.45, 7) is 0.809. The van der Waals surface area contributed by atoms with E-state index in [-0.39, 0.29) is 12.0 Å². The quantitative estimate of drug-likeness (QED) is 0.877. The maximum Gasteiger partial charge on any atom is 0.238 e. The number of hydrogen-bond donors (Lipinski definition) is 1. The van der Waals surface area contributed by atoms with Crippen LogP contribution in [-0.4, -0.2) is 50.1 Å². The minimum Gasteiger partial charge on any atom is -0.488 e. The average molecular weight is 324 g/mol. The maximum atomic E-state index is 12.3. The Balaban J connectivity index is 1.55. The van der Waals surface area contributed by atoms with Gasteiger partial charge in [0.25, 0.3) is 0 Å². The van der Waals surface area contributed by atoms with Crippen molar-refractivity contribution in [2.75, 3.05) is 19.3 Å². The van der Waals surface area contributed by atoms with Crippen LogP contribution in [0, 0.1) is 0 Å². The number of hydrogen-bond acceptors (Lipinski definition) is 4. The van der Waals surface area contributed by atoms with E-state index in [0.717, 1.165) is 30.4 Å². The van der Waals surface area contributed by atoms with Crippen LogP contribution in [0.2, 0.25) is 0 Å². The van der Waals surface area contributed by atoms with E-state index in [9.17, 15) is 13.2 Å². The summed E-state index contributed by atoms with van der Waals surface area (Å²) in [4.78, 5) is 12.3. The first-order valence-corrected chi connectivity index (χ1v) is 9.29. The first-order chi connectivity index (χ1) is 10.4. The molecule has 0 unspecified atom stereocenters. The first kappa shape index (κ1) is 15.3. The van der Waals surface area contributed by atoms with Gasteiger partial charge in [0.2, 0.25) is 15.9 Å². The van der Waals surface area contributed by atoms with Crippen molar-refractivity contribution < 1.29 is 17.9 Å². The molecule has 1 aromatic carbocycles. The normalized spacial score (nSPS) is 24.8. The molecule has 1 saturated heterocycles. The Bertz CT molecular complexity index is 649. The molecule has 120 valence electrons. The van der Waals surface area contributed by atoms with E-state index in [1.54, 1.807) is 0 Å². The number of amides is 1. The molecule has 0 radical (unpaired) electrons. The van der Waals surface area contributed by atoms with Gasteiger partial charge in [-0.1, -0.05) is 18.2 Å². The van der Waals surface area contributed by atoms with E-state index in [2.05, 4.69) is 5.32 Å². The molecule has 0 spiro atoms. The number of carbonyl (C=O) groups excluding carboxylic acids is 1. The predicted molar refractivity (Wildman–Crippen MR) is 82.1 cm³/mol. The molecule has 1 N–H and O–H groups in total. The van der Waals surface area contributed by atoms with Gasteiger partial charge in [-0.05, 0) is 24.5 Å². The maximum absolute atomic E-state index is 12.3. The fourth-order valence-corrected chi connectivity index (χ4v) is 4.22. The van der Waals surface area contributed by atoms with Gasteiger partial charge in [-0.25, -0.2) is 8.42 Å². The molecule has 1 fully saturated rings. The van der Waals surface area contributed by atoms with E-state index < -0.39 is 16.1 Å². The number of fused-ring (bicyclic) bond motifs is 1. The summed E-state index contributed by atoms with van der Waals surface area (Å²) in [6, 6.07) is 7.23. The zero-order valence-corrected chi connectivity index (χ0v) is 13.3. The molecule has 2 aliphatic heterocycles. The van der Waals surface area contributed by atoms with Crippen LogP contribution >= 0.6 is 0 Å². The third-order valence-corrected chi connectivity index (χ3v) is 5.44. The lowest BCUT2D eigenvalue weighted by molar-refractivity contribution is -0.124. The molecule has 0 saturated carbocycles. The number of sulfonamides is 1. The molecular formula is C15H20N2O4S. The summed E-state index contributed by atoms with van der Waals surface area (Å²) < 4.78 is 30.4. The lowest BCUT2D eigenvalue weighted by Gasteiger charge is -2.22. The van der Waals surface area contributed by atoms with E-state index in [1.165, 1.54) is 4.31 Å². The monoisotopic (exact) mass is 324 g/mol. The molecule has 1 amide bonds. The van der Waals surface area contributed by atoms with Crippen molar-refractivity contribution >= 4 is 15.9 Å². The Kier molecular flexibility index (Phi) is 4.10. The minimum atomic E-state index is -3.34. The summed E-state index contributed by atoms with van der Waals surface area (Å²) in [7, 11) is -3.34. The first-order valence-electron chi connectivity index (χ1n) is 7.44. The van der Waals surface area contributed by atoms with E-state index in [1.807, 2.05) is 24.3 Å². The van der Waals surface area contributed by atoms with Crippen LogP contribution in [0.3, 0.4) is 0 Å². The van der Waals surface area contributed by atoms with Gasteiger partial charge in [-0.15, -0.1) is 0 Å². The smallest absolute Gasteiger partial charge is 0.238 e. The zero-order chi connectivity index (χ0) is 15.7. The van der Waals surface area contributed by atoms with Crippen molar-refractivity contribution in [2.24, 2.45) is 0 Å². The highest BCUT2D eigenvalue weighted by atomic mass is 32.2. The fourth-order valence-electron chi connectivity index (χ4n) is 3.10. The molecule has 0 aliphatic carbocycles. The SMILES string of the molecule is CS(=O)(=O)N1CCC[C@@H]1C(=O)NC[C@H]1Cc2ccccc2O1. The molecule has 2 heterocycles. The van der Waals surface area contributed by atoms with Crippen molar-refractivity contribution in [2.45, 2.75) is 31.4 Å². The Morgan fingerprint density at radius 2 is 2.18 bits per heavy atom. The predicted octanol–water partition coefficient (Wildman–Crippen LogP) is 0.530. The molecule has 22 heavy (non-hydrogen) atoms. The van der Waals surface area contributed by atoms with E-state index in [4.69, 9.17) is 4.74 Å². The van der Waals surface area contributed by atoms with Crippen molar-refractivity contribution in [1.82, 2.24) is 9.62 Å². The van der Waals surface area contributed by atoms with Gasteiger partial charge in [0.1, 0.15) is 17.9 Å². The lowest BCUT2D eigenvalue weighted by Crippen LogP contribution is -2.47. The number of para-hydroxylation sites is 1. The van der Waals surface area contributed by atoms with Crippen molar-refractivity contribution in [3.8, 4) is 5.75 Å². The third-order valence-electron chi connectivity index (χ3n) is 4.15. The second kappa shape index (κ2) is 5.89. The van der Waals surface area contributed by atoms with Gasteiger partial charge >= 0.3 is 0 Å². The Morgan fingerprint density at radius 3 is 2.91 bits per heavy atom. The largest absolute Gasteiger partial charge is 0.488 e. The van der Waals surface area contributed by atoms with Gasteiger partial charge in [-0.2, -0.15) is 4.31 Å². The number of benzene rings is 1. The lowest BCUT2D eigenvalue weighted by atomic mass is 10.1. The fraction of sp³-hybridized carbons (Fsp3) is 0.533. The van der Waals surface area contributed by atoms with Gasteiger partial charge in [-0.3, -0.25) is 4.79 Å². The Morgan fingerprint density at radius 1 is 1.41 bits per heavy atom. The molecule has 6 nitrogen and oxygen atoms in total. The second-order valence-electron chi connectivity index (χ2n) is 5.83. The number of nitrogens with zero attached hydrogens (tertiary/aromatic N) is 1. The van der Waals surface area contributed by atoms with Crippen LogP contribution in [0.15, 0.2) is 24.3 Å². The standard InChI is InChI=1S/C15H20N2O4S/c1-22(19,20)17-8-4-6-13(17)15(18)16-10-12-9-11-5-2-3-7-14(11)21-12/h2-3,5,7,12-13H,4,6,8-10H2,1H3,(H,16,18)/t12-,13-/m1/s1. The minimum absolute atomic E-state index is 0.0885. The molecule has 3 rings (SSSR count). The highest BCUT2D eigenvalue weighted by Gasteiger charge is 2.36. The topological polar surface area (TPSA) is 75.7 Å². The highest BCUT2D eigenvalue weighted by molar-refractivity contribution is 7.88. The van der Waals surface area contributed by atoms with Gasteiger partial charge < -0.3 is 10.1 Å². The van der Waals surface area contributed by atoms with Gasteiger partial charge in [0, 0.05) is 13.0 Å². The summed E-state index contributed by atoms with van der Waals surface area (Å²) in [6.07, 6.45) is 3.11. The summed E-state index contributed by atoms with van der Waals surface area (Å²) in [5, 5.41) is 2.83. The van der Waals surface area contributed by atoms with Crippen molar-refractivity contribution in [1.29, 1.82) is 0 Å². The number of nitrogens with one attached hydrogen (secondary N) is 1. The van der Waals surface area contributed by atoms with E-state index in [0.29, 0.717) is 19.5 Å².